The quantitative estimate of drug-likeness (QED) is 0.900. The van der Waals surface area contributed by atoms with Crippen molar-refractivity contribution < 1.29 is 13.2 Å². The summed E-state index contributed by atoms with van der Waals surface area (Å²) in [6.45, 7) is 1.74. The molecule has 1 amide bonds. The van der Waals surface area contributed by atoms with E-state index in [1.165, 1.54) is 19.2 Å². The van der Waals surface area contributed by atoms with Crippen molar-refractivity contribution in [2.24, 2.45) is 0 Å². The molecule has 2 rings (SSSR count). The third-order valence-corrected chi connectivity index (χ3v) is 4.80. The number of hydrogen-bond donors (Lipinski definition) is 2. The van der Waals surface area contributed by atoms with Crippen LogP contribution in [0, 0.1) is 6.92 Å². The second kappa shape index (κ2) is 6.48. The highest BCUT2D eigenvalue weighted by atomic mass is 35.5. The van der Waals surface area contributed by atoms with Gasteiger partial charge in [0.25, 0.3) is 5.91 Å². The van der Waals surface area contributed by atoms with Gasteiger partial charge in [0.15, 0.2) is 0 Å². The van der Waals surface area contributed by atoms with Crippen LogP contribution in [0.3, 0.4) is 0 Å². The molecule has 2 N–H and O–H groups in total. The Morgan fingerprint density at radius 2 is 1.73 bits per heavy atom. The molecule has 22 heavy (non-hydrogen) atoms. The number of anilines is 1. The highest BCUT2D eigenvalue weighted by Crippen LogP contribution is 2.18. The van der Waals surface area contributed by atoms with Crippen LogP contribution in [0.5, 0.6) is 0 Å². The first-order valence-electron chi connectivity index (χ1n) is 6.44. The van der Waals surface area contributed by atoms with E-state index in [-0.39, 0.29) is 10.8 Å². The fraction of sp³-hybridized carbons (Fsp3) is 0.133. The average Bonchev–Trinajstić information content (AvgIpc) is 2.49. The fourth-order valence-electron chi connectivity index (χ4n) is 1.86. The maximum Gasteiger partial charge on any atom is 0.255 e. The van der Waals surface area contributed by atoms with Crippen LogP contribution in [-0.4, -0.2) is 21.4 Å². The van der Waals surface area contributed by atoms with Crippen molar-refractivity contribution in [2.45, 2.75) is 11.8 Å². The zero-order chi connectivity index (χ0) is 16.3. The normalized spacial score (nSPS) is 11.2. The Labute approximate surface area is 134 Å². The molecule has 7 heteroatoms. The molecule has 0 unspecified atom stereocenters. The molecule has 2 aromatic carbocycles. The summed E-state index contributed by atoms with van der Waals surface area (Å²) in [5.41, 5.74) is 1.56. The van der Waals surface area contributed by atoms with Gasteiger partial charge in [0, 0.05) is 16.3 Å². The first-order valence-corrected chi connectivity index (χ1v) is 8.31. The molecule has 0 saturated heterocycles. The van der Waals surface area contributed by atoms with E-state index in [1.807, 2.05) is 0 Å². The van der Waals surface area contributed by atoms with Crippen molar-refractivity contribution in [3.05, 3.63) is 58.6 Å². The van der Waals surface area contributed by atoms with Gasteiger partial charge in [0.05, 0.1) is 4.90 Å². The molecule has 2 aromatic rings. The molecule has 0 radical (unpaired) electrons. The first kappa shape index (κ1) is 16.5. The van der Waals surface area contributed by atoms with E-state index in [2.05, 4.69) is 10.0 Å². The Kier molecular flexibility index (Phi) is 4.85. The van der Waals surface area contributed by atoms with Crippen LogP contribution in [0.4, 0.5) is 5.69 Å². The van der Waals surface area contributed by atoms with E-state index in [0.717, 1.165) is 0 Å². The van der Waals surface area contributed by atoms with Gasteiger partial charge in [-0.3, -0.25) is 4.79 Å². The monoisotopic (exact) mass is 338 g/mol. The van der Waals surface area contributed by atoms with Crippen molar-refractivity contribution in [2.75, 3.05) is 12.4 Å². The standard InChI is InChI=1S/C15H15ClN2O3S/c1-10-3-8-13(22(20,21)17-2)9-14(10)15(19)18-12-6-4-11(16)5-7-12/h3-9,17H,1-2H3,(H,18,19). The van der Waals surface area contributed by atoms with Gasteiger partial charge in [-0.05, 0) is 55.9 Å². The van der Waals surface area contributed by atoms with Crippen molar-refractivity contribution >= 4 is 33.2 Å². The van der Waals surface area contributed by atoms with Crippen molar-refractivity contribution in [1.82, 2.24) is 4.72 Å². The number of carbonyl (C=O) groups excluding carboxylic acids is 1. The van der Waals surface area contributed by atoms with Crippen LogP contribution >= 0.6 is 11.6 Å². The van der Waals surface area contributed by atoms with Gasteiger partial charge in [-0.2, -0.15) is 0 Å². The summed E-state index contributed by atoms with van der Waals surface area (Å²) in [5, 5.41) is 3.28. The Balaban J connectivity index is 2.33. The number of hydrogen-bond acceptors (Lipinski definition) is 3. The Hall–Kier alpha value is -1.89. The molecular formula is C15H15ClN2O3S. The number of rotatable bonds is 4. The predicted molar refractivity (Wildman–Crippen MR) is 86.8 cm³/mol. The van der Waals surface area contributed by atoms with Gasteiger partial charge in [-0.15, -0.1) is 0 Å². The van der Waals surface area contributed by atoms with Crippen LogP contribution in [0.25, 0.3) is 0 Å². The van der Waals surface area contributed by atoms with Crippen molar-refractivity contribution in [3.63, 3.8) is 0 Å². The Bertz CT molecular complexity index is 802. The molecule has 0 spiro atoms. The highest BCUT2D eigenvalue weighted by Gasteiger charge is 2.16. The minimum atomic E-state index is -3.60. The summed E-state index contributed by atoms with van der Waals surface area (Å²) in [7, 11) is -2.27. The van der Waals surface area contributed by atoms with Gasteiger partial charge in [0.1, 0.15) is 0 Å². The average molecular weight is 339 g/mol. The smallest absolute Gasteiger partial charge is 0.255 e. The van der Waals surface area contributed by atoms with Gasteiger partial charge < -0.3 is 5.32 Å². The molecule has 0 saturated carbocycles. The number of benzene rings is 2. The van der Waals surface area contributed by atoms with E-state index in [4.69, 9.17) is 11.6 Å². The van der Waals surface area contributed by atoms with Crippen LogP contribution in [0.1, 0.15) is 15.9 Å². The number of halogens is 1. The number of aryl methyl sites for hydroxylation is 1. The van der Waals surface area contributed by atoms with E-state index >= 15 is 0 Å². The molecule has 0 aliphatic heterocycles. The molecule has 0 fully saturated rings. The third kappa shape index (κ3) is 3.65. The molecule has 0 heterocycles. The second-order valence-electron chi connectivity index (χ2n) is 4.65. The largest absolute Gasteiger partial charge is 0.322 e. The SMILES string of the molecule is CNS(=O)(=O)c1ccc(C)c(C(=O)Nc2ccc(Cl)cc2)c1. The molecule has 116 valence electrons. The number of nitrogens with one attached hydrogen (secondary N) is 2. The number of sulfonamides is 1. The van der Waals surface area contributed by atoms with Gasteiger partial charge in [-0.25, -0.2) is 13.1 Å². The summed E-state index contributed by atoms with van der Waals surface area (Å²) in [6.07, 6.45) is 0. The molecule has 0 aromatic heterocycles. The van der Waals surface area contributed by atoms with E-state index in [0.29, 0.717) is 21.8 Å². The van der Waals surface area contributed by atoms with Gasteiger partial charge >= 0.3 is 0 Å². The molecule has 0 bridgehead atoms. The van der Waals surface area contributed by atoms with Crippen LogP contribution in [0.2, 0.25) is 5.02 Å². The zero-order valence-electron chi connectivity index (χ0n) is 12.1. The molecule has 0 aliphatic rings. The maximum atomic E-state index is 12.3. The minimum absolute atomic E-state index is 0.0434. The highest BCUT2D eigenvalue weighted by molar-refractivity contribution is 7.89. The van der Waals surface area contributed by atoms with Gasteiger partial charge in [-0.1, -0.05) is 17.7 Å². The van der Waals surface area contributed by atoms with Crippen molar-refractivity contribution in [3.8, 4) is 0 Å². The van der Waals surface area contributed by atoms with Crippen molar-refractivity contribution in [1.29, 1.82) is 0 Å². The van der Waals surface area contributed by atoms with E-state index < -0.39 is 10.0 Å². The summed E-state index contributed by atoms with van der Waals surface area (Å²) in [4.78, 5) is 12.4. The van der Waals surface area contributed by atoms with Gasteiger partial charge in [0.2, 0.25) is 10.0 Å². The zero-order valence-corrected chi connectivity index (χ0v) is 13.6. The molecular weight excluding hydrogens is 324 g/mol. The lowest BCUT2D eigenvalue weighted by Gasteiger charge is -2.10. The van der Waals surface area contributed by atoms with E-state index in [1.54, 1.807) is 37.3 Å². The predicted octanol–water partition coefficient (Wildman–Crippen LogP) is 2.81. The number of carbonyl (C=O) groups is 1. The van der Waals surface area contributed by atoms with E-state index in [9.17, 15) is 13.2 Å². The fourth-order valence-corrected chi connectivity index (χ4v) is 2.74. The summed E-state index contributed by atoms with van der Waals surface area (Å²) >= 11 is 5.79. The lowest BCUT2D eigenvalue weighted by molar-refractivity contribution is 0.102. The number of amides is 1. The van der Waals surface area contributed by atoms with Crippen LogP contribution in [0.15, 0.2) is 47.4 Å². The van der Waals surface area contributed by atoms with Crippen LogP contribution < -0.4 is 10.0 Å². The maximum absolute atomic E-state index is 12.3. The molecule has 0 atom stereocenters. The third-order valence-electron chi connectivity index (χ3n) is 3.13. The topological polar surface area (TPSA) is 75.3 Å². The summed E-state index contributed by atoms with van der Waals surface area (Å²) in [5.74, 6) is -0.382. The Morgan fingerprint density at radius 3 is 2.32 bits per heavy atom. The van der Waals surface area contributed by atoms with Crippen LogP contribution in [-0.2, 0) is 10.0 Å². The first-order chi connectivity index (χ1) is 10.3. The summed E-state index contributed by atoms with van der Waals surface area (Å²) in [6, 6.07) is 11.1. The lowest BCUT2D eigenvalue weighted by atomic mass is 10.1. The summed E-state index contributed by atoms with van der Waals surface area (Å²) < 4.78 is 25.9. The lowest BCUT2D eigenvalue weighted by Crippen LogP contribution is -2.20. The minimum Gasteiger partial charge on any atom is -0.322 e. The molecule has 0 aliphatic carbocycles. The Morgan fingerprint density at radius 1 is 1.09 bits per heavy atom. The second-order valence-corrected chi connectivity index (χ2v) is 6.97. The molecule has 5 nitrogen and oxygen atoms in total.